The number of piperazine rings is 1. The van der Waals surface area contributed by atoms with Crippen molar-refractivity contribution in [2.24, 2.45) is 5.92 Å². The summed E-state index contributed by atoms with van der Waals surface area (Å²) in [6, 6.07) is 4.87. The van der Waals surface area contributed by atoms with E-state index < -0.39 is 15.8 Å². The largest absolute Gasteiger partial charge is 0.373 e. The van der Waals surface area contributed by atoms with E-state index in [0.717, 1.165) is 57.7 Å². The zero-order chi connectivity index (χ0) is 24.3. The van der Waals surface area contributed by atoms with Crippen molar-refractivity contribution >= 4 is 15.9 Å². The monoisotopic (exact) mass is 496 g/mol. The number of carbonyl (C=O) groups excluding carboxylic acids is 1. The molecule has 1 amide bonds. The highest BCUT2D eigenvalue weighted by molar-refractivity contribution is 7.89. The van der Waals surface area contributed by atoms with E-state index in [1.807, 2.05) is 0 Å². The van der Waals surface area contributed by atoms with Crippen molar-refractivity contribution in [2.75, 3.05) is 65.4 Å². The Morgan fingerprint density at radius 1 is 0.941 bits per heavy atom. The number of hydrogen-bond acceptors (Lipinski definition) is 6. The molecular weight excluding hydrogens is 459 g/mol. The number of hydrogen-bond donors (Lipinski definition) is 0. The topological polar surface area (TPSA) is 73.4 Å². The number of rotatable bonds is 6. The Balaban J connectivity index is 1.19. The molecule has 0 aliphatic carbocycles. The van der Waals surface area contributed by atoms with E-state index in [4.69, 9.17) is 4.74 Å². The second kappa shape index (κ2) is 11.0. The molecule has 10 heteroatoms. The number of ether oxygens (including phenoxy) is 1. The molecule has 190 valence electrons. The number of sulfonamides is 1. The van der Waals surface area contributed by atoms with Gasteiger partial charge in [0.15, 0.2) is 0 Å². The maximum absolute atomic E-state index is 13.1. The lowest BCUT2D eigenvalue weighted by Crippen LogP contribution is -2.53. The Bertz CT molecular complexity index is 919. The first-order valence-electron chi connectivity index (χ1n) is 12.3. The Labute approximate surface area is 202 Å². The fourth-order valence-corrected chi connectivity index (χ4v) is 6.77. The lowest BCUT2D eigenvalue weighted by Gasteiger charge is -2.40. The molecule has 2 unspecified atom stereocenters. The molecule has 0 saturated carbocycles. The van der Waals surface area contributed by atoms with E-state index in [1.165, 1.54) is 16.4 Å². The highest BCUT2D eigenvalue weighted by Crippen LogP contribution is 2.22. The Kier molecular flexibility index (Phi) is 8.24. The van der Waals surface area contributed by atoms with Crippen LogP contribution in [0.15, 0.2) is 29.2 Å². The van der Waals surface area contributed by atoms with Gasteiger partial charge in [0.2, 0.25) is 15.9 Å². The van der Waals surface area contributed by atoms with E-state index in [2.05, 4.69) is 23.6 Å². The molecule has 3 fully saturated rings. The van der Waals surface area contributed by atoms with Crippen molar-refractivity contribution in [2.45, 2.75) is 43.8 Å². The molecule has 1 aromatic carbocycles. The summed E-state index contributed by atoms with van der Waals surface area (Å²) in [5.41, 5.74) is 0. The zero-order valence-corrected chi connectivity index (χ0v) is 21.1. The van der Waals surface area contributed by atoms with E-state index in [-0.39, 0.29) is 36.1 Å². The molecule has 2 atom stereocenters. The highest BCUT2D eigenvalue weighted by atomic mass is 32.2. The molecule has 34 heavy (non-hydrogen) atoms. The predicted octanol–water partition coefficient (Wildman–Crippen LogP) is 1.48. The number of likely N-dealkylation sites (tertiary alicyclic amines) is 1. The summed E-state index contributed by atoms with van der Waals surface area (Å²) in [6.07, 6.45) is 2.76. The van der Waals surface area contributed by atoms with Crippen LogP contribution >= 0.6 is 0 Å². The Hall–Kier alpha value is -1.59. The highest BCUT2D eigenvalue weighted by Gasteiger charge is 2.32. The van der Waals surface area contributed by atoms with Gasteiger partial charge >= 0.3 is 0 Å². The molecule has 3 heterocycles. The standard InChI is InChI=1S/C24H37FN4O4S/c1-19-15-27(16-20(2)33-19)17-21-7-9-26(10-8-21)18-24(30)28-11-13-29(14-12-28)34(31,32)23-5-3-22(25)4-6-23/h3-6,19-21H,7-18H2,1-2H3. The van der Waals surface area contributed by atoms with Gasteiger partial charge in [-0.2, -0.15) is 4.31 Å². The quantitative estimate of drug-likeness (QED) is 0.594. The van der Waals surface area contributed by atoms with Crippen molar-refractivity contribution in [1.29, 1.82) is 0 Å². The first-order chi connectivity index (χ1) is 16.2. The molecule has 0 spiro atoms. The number of morpholine rings is 1. The van der Waals surface area contributed by atoms with Crippen molar-refractivity contribution in [3.63, 3.8) is 0 Å². The van der Waals surface area contributed by atoms with Crippen molar-refractivity contribution in [3.05, 3.63) is 30.1 Å². The SMILES string of the molecule is CC1CN(CC2CCN(CC(=O)N3CCN(S(=O)(=O)c4ccc(F)cc4)CC3)CC2)CC(C)O1. The van der Waals surface area contributed by atoms with Gasteiger partial charge in [-0.15, -0.1) is 0 Å². The average Bonchev–Trinajstić information content (AvgIpc) is 2.80. The first kappa shape index (κ1) is 25.5. The van der Waals surface area contributed by atoms with Gasteiger partial charge in [-0.25, -0.2) is 12.8 Å². The second-order valence-corrected chi connectivity index (χ2v) is 11.9. The molecule has 0 bridgehead atoms. The summed E-state index contributed by atoms with van der Waals surface area (Å²) in [5.74, 6) is 0.251. The summed E-state index contributed by atoms with van der Waals surface area (Å²) < 4.78 is 45.9. The third-order valence-corrected chi connectivity index (χ3v) is 9.03. The molecule has 3 aliphatic rings. The van der Waals surface area contributed by atoms with Crippen LogP contribution < -0.4 is 0 Å². The fourth-order valence-electron chi connectivity index (χ4n) is 5.35. The molecule has 1 aromatic rings. The van der Waals surface area contributed by atoms with E-state index in [9.17, 15) is 17.6 Å². The van der Waals surface area contributed by atoms with Gasteiger partial charge in [0, 0.05) is 45.8 Å². The average molecular weight is 497 g/mol. The summed E-state index contributed by atoms with van der Waals surface area (Å²) >= 11 is 0. The third kappa shape index (κ3) is 6.34. The van der Waals surface area contributed by atoms with Gasteiger partial charge in [0.1, 0.15) is 5.82 Å². The van der Waals surface area contributed by atoms with Crippen LogP contribution in [0.1, 0.15) is 26.7 Å². The second-order valence-electron chi connectivity index (χ2n) is 9.93. The number of nitrogens with zero attached hydrogens (tertiary/aromatic N) is 4. The summed E-state index contributed by atoms with van der Waals surface area (Å²) in [4.78, 5) is 19.4. The predicted molar refractivity (Wildman–Crippen MR) is 127 cm³/mol. The molecule has 8 nitrogen and oxygen atoms in total. The van der Waals surface area contributed by atoms with Crippen LogP contribution in [0.3, 0.4) is 0 Å². The maximum Gasteiger partial charge on any atom is 0.243 e. The zero-order valence-electron chi connectivity index (χ0n) is 20.2. The van der Waals surface area contributed by atoms with Crippen molar-refractivity contribution in [3.8, 4) is 0 Å². The minimum absolute atomic E-state index is 0.0631. The molecule has 0 N–H and O–H groups in total. The van der Waals surface area contributed by atoms with Gasteiger partial charge in [-0.1, -0.05) is 0 Å². The van der Waals surface area contributed by atoms with Crippen LogP contribution in [0.4, 0.5) is 4.39 Å². The lowest BCUT2D eigenvalue weighted by atomic mass is 9.95. The van der Waals surface area contributed by atoms with Gasteiger partial charge in [0.05, 0.1) is 23.6 Å². The number of benzene rings is 1. The molecule has 0 aromatic heterocycles. The van der Waals surface area contributed by atoms with Crippen LogP contribution in [0.5, 0.6) is 0 Å². The van der Waals surface area contributed by atoms with Gasteiger partial charge in [-0.05, 0) is 70.0 Å². The minimum atomic E-state index is -3.67. The number of carbonyl (C=O) groups is 1. The van der Waals surface area contributed by atoms with Crippen LogP contribution in [0.2, 0.25) is 0 Å². The van der Waals surface area contributed by atoms with E-state index in [0.29, 0.717) is 25.6 Å². The Morgan fingerprint density at radius 2 is 1.53 bits per heavy atom. The number of piperidine rings is 1. The fraction of sp³-hybridized carbons (Fsp3) is 0.708. The van der Waals surface area contributed by atoms with Gasteiger partial charge in [-0.3, -0.25) is 14.6 Å². The maximum atomic E-state index is 13.1. The van der Waals surface area contributed by atoms with Crippen LogP contribution in [-0.4, -0.2) is 111 Å². The molecule has 3 saturated heterocycles. The molecule has 4 rings (SSSR count). The van der Waals surface area contributed by atoms with Gasteiger partial charge in [0.25, 0.3) is 0 Å². The summed E-state index contributed by atoms with van der Waals surface area (Å²) in [6.45, 7) is 10.9. The van der Waals surface area contributed by atoms with Gasteiger partial charge < -0.3 is 9.64 Å². The first-order valence-corrected chi connectivity index (χ1v) is 13.8. The van der Waals surface area contributed by atoms with E-state index >= 15 is 0 Å². The van der Waals surface area contributed by atoms with Crippen LogP contribution in [0.25, 0.3) is 0 Å². The Morgan fingerprint density at radius 3 is 2.12 bits per heavy atom. The molecular formula is C24H37FN4O4S. The smallest absolute Gasteiger partial charge is 0.243 e. The van der Waals surface area contributed by atoms with Crippen LogP contribution in [0, 0.1) is 11.7 Å². The third-order valence-electron chi connectivity index (χ3n) is 7.12. The molecule has 0 radical (unpaired) electrons. The number of halogens is 1. The van der Waals surface area contributed by atoms with Crippen molar-refractivity contribution < 1.29 is 22.3 Å². The lowest BCUT2D eigenvalue weighted by molar-refractivity contribution is -0.134. The van der Waals surface area contributed by atoms with E-state index in [1.54, 1.807) is 4.90 Å². The minimum Gasteiger partial charge on any atom is -0.373 e. The number of amides is 1. The van der Waals surface area contributed by atoms with Crippen LogP contribution in [-0.2, 0) is 19.6 Å². The summed E-state index contributed by atoms with van der Waals surface area (Å²) in [5, 5.41) is 0. The summed E-state index contributed by atoms with van der Waals surface area (Å²) in [7, 11) is -3.67. The van der Waals surface area contributed by atoms with Crippen molar-refractivity contribution in [1.82, 2.24) is 19.0 Å². The molecule has 3 aliphatic heterocycles. The normalized spacial score (nSPS) is 26.6.